The Bertz CT molecular complexity index is 402. The highest BCUT2D eigenvalue weighted by Gasteiger charge is 2.47. The van der Waals surface area contributed by atoms with E-state index in [1.807, 2.05) is 0 Å². The Morgan fingerprint density at radius 2 is 1.71 bits per heavy atom. The predicted molar refractivity (Wildman–Crippen MR) is 67.1 cm³/mol. The molecule has 2 fully saturated rings. The van der Waals surface area contributed by atoms with Crippen LogP contribution in [-0.4, -0.2) is 4.83 Å². The van der Waals surface area contributed by atoms with Crippen LogP contribution in [-0.2, 0) is 6.42 Å². The second-order valence-corrected chi connectivity index (χ2v) is 6.58. The standard InChI is InChI=1S/C14H15BrF2/c15-12(10-5-8-4-9(8)6-10)7-11-13(16)2-1-3-14(11)17/h1-3,8-10,12H,4-7H2. The van der Waals surface area contributed by atoms with Gasteiger partial charge in [0.1, 0.15) is 11.6 Å². The Morgan fingerprint density at radius 1 is 1.12 bits per heavy atom. The first-order valence-corrected chi connectivity index (χ1v) is 7.13. The number of hydrogen-bond acceptors (Lipinski definition) is 0. The van der Waals surface area contributed by atoms with Crippen molar-refractivity contribution in [3.8, 4) is 0 Å². The van der Waals surface area contributed by atoms with Gasteiger partial charge in [-0.1, -0.05) is 22.0 Å². The van der Waals surface area contributed by atoms with Gasteiger partial charge in [-0.25, -0.2) is 8.78 Å². The summed E-state index contributed by atoms with van der Waals surface area (Å²) in [6, 6.07) is 4.09. The second-order valence-electron chi connectivity index (χ2n) is 5.41. The predicted octanol–water partition coefficient (Wildman–Crippen LogP) is 4.32. The minimum Gasteiger partial charge on any atom is -0.207 e. The topological polar surface area (TPSA) is 0 Å². The third-order valence-corrected chi connectivity index (χ3v) is 5.32. The lowest BCUT2D eigenvalue weighted by molar-refractivity contribution is 0.458. The molecule has 3 rings (SSSR count). The van der Waals surface area contributed by atoms with E-state index in [1.165, 1.54) is 37.5 Å². The van der Waals surface area contributed by atoms with Crippen molar-refractivity contribution in [1.29, 1.82) is 0 Å². The quantitative estimate of drug-likeness (QED) is 0.730. The fraction of sp³-hybridized carbons (Fsp3) is 0.571. The third kappa shape index (κ3) is 2.26. The molecule has 0 radical (unpaired) electrons. The van der Waals surface area contributed by atoms with Crippen LogP contribution in [0.25, 0.3) is 0 Å². The zero-order valence-electron chi connectivity index (χ0n) is 9.50. The Balaban J connectivity index is 1.69. The van der Waals surface area contributed by atoms with E-state index in [0.717, 1.165) is 11.8 Å². The molecule has 1 aromatic rings. The molecule has 92 valence electrons. The van der Waals surface area contributed by atoms with E-state index < -0.39 is 11.6 Å². The van der Waals surface area contributed by atoms with Crippen molar-refractivity contribution >= 4 is 15.9 Å². The maximum Gasteiger partial charge on any atom is 0.129 e. The Labute approximate surface area is 109 Å². The lowest BCUT2D eigenvalue weighted by Crippen LogP contribution is -2.17. The van der Waals surface area contributed by atoms with Gasteiger partial charge in [0.25, 0.3) is 0 Å². The van der Waals surface area contributed by atoms with Crippen molar-refractivity contribution in [2.45, 2.75) is 30.5 Å². The van der Waals surface area contributed by atoms with Crippen LogP contribution in [0.4, 0.5) is 8.78 Å². The summed E-state index contributed by atoms with van der Waals surface area (Å²) in [4.78, 5) is 0.210. The molecule has 2 aliphatic rings. The molecule has 0 amide bonds. The van der Waals surface area contributed by atoms with Crippen LogP contribution in [0.3, 0.4) is 0 Å². The first kappa shape index (κ1) is 11.6. The third-order valence-electron chi connectivity index (χ3n) is 4.25. The van der Waals surface area contributed by atoms with Crippen molar-refractivity contribution in [3.05, 3.63) is 35.4 Å². The van der Waals surface area contributed by atoms with Gasteiger partial charge in [-0.2, -0.15) is 0 Å². The molecule has 1 aromatic carbocycles. The van der Waals surface area contributed by atoms with Gasteiger partial charge in [0.2, 0.25) is 0 Å². The molecule has 0 N–H and O–H groups in total. The lowest BCUT2D eigenvalue weighted by atomic mass is 9.94. The number of rotatable bonds is 3. The van der Waals surface area contributed by atoms with Gasteiger partial charge in [-0.3, -0.25) is 0 Å². The van der Waals surface area contributed by atoms with E-state index in [4.69, 9.17) is 0 Å². The van der Waals surface area contributed by atoms with E-state index in [2.05, 4.69) is 15.9 Å². The Morgan fingerprint density at radius 3 is 2.29 bits per heavy atom. The minimum atomic E-state index is -0.419. The maximum absolute atomic E-state index is 13.5. The van der Waals surface area contributed by atoms with E-state index in [-0.39, 0.29) is 10.4 Å². The van der Waals surface area contributed by atoms with Crippen molar-refractivity contribution in [2.75, 3.05) is 0 Å². The molecule has 2 saturated carbocycles. The summed E-state index contributed by atoms with van der Waals surface area (Å²) < 4.78 is 27.0. The zero-order chi connectivity index (χ0) is 12.0. The summed E-state index contributed by atoms with van der Waals surface area (Å²) in [5, 5.41) is 0. The molecule has 0 aliphatic heterocycles. The van der Waals surface area contributed by atoms with Crippen LogP contribution in [0, 0.1) is 29.4 Å². The van der Waals surface area contributed by atoms with E-state index in [0.29, 0.717) is 12.3 Å². The molecule has 3 heteroatoms. The molecule has 3 unspecified atom stereocenters. The summed E-state index contributed by atoms with van der Waals surface area (Å²) in [6.45, 7) is 0. The van der Waals surface area contributed by atoms with Crippen LogP contribution in [0.5, 0.6) is 0 Å². The molecule has 0 spiro atoms. The fourth-order valence-corrected chi connectivity index (χ4v) is 3.90. The van der Waals surface area contributed by atoms with Gasteiger partial charge >= 0.3 is 0 Å². The molecule has 2 aliphatic carbocycles. The first-order valence-electron chi connectivity index (χ1n) is 6.22. The average molecular weight is 301 g/mol. The number of benzene rings is 1. The van der Waals surface area contributed by atoms with Gasteiger partial charge in [0, 0.05) is 10.4 Å². The number of halogens is 3. The van der Waals surface area contributed by atoms with Crippen molar-refractivity contribution in [1.82, 2.24) is 0 Å². The monoisotopic (exact) mass is 300 g/mol. The molecular weight excluding hydrogens is 286 g/mol. The highest BCUT2D eigenvalue weighted by molar-refractivity contribution is 9.09. The largest absolute Gasteiger partial charge is 0.207 e. The van der Waals surface area contributed by atoms with Gasteiger partial charge in [-0.05, 0) is 55.6 Å². The molecular formula is C14H15BrF2. The van der Waals surface area contributed by atoms with Gasteiger partial charge in [0.15, 0.2) is 0 Å². The van der Waals surface area contributed by atoms with Crippen molar-refractivity contribution in [2.24, 2.45) is 17.8 Å². The smallest absolute Gasteiger partial charge is 0.129 e. The summed E-state index contributed by atoms with van der Waals surface area (Å²) in [6.07, 6.45) is 4.31. The summed E-state index contributed by atoms with van der Waals surface area (Å²) in [5.41, 5.74) is 0.231. The van der Waals surface area contributed by atoms with E-state index in [9.17, 15) is 8.78 Å². The molecule has 0 saturated heterocycles. The van der Waals surface area contributed by atoms with Crippen LogP contribution in [0.15, 0.2) is 18.2 Å². The van der Waals surface area contributed by atoms with Crippen LogP contribution in [0.1, 0.15) is 24.8 Å². The zero-order valence-corrected chi connectivity index (χ0v) is 11.1. The van der Waals surface area contributed by atoms with Gasteiger partial charge in [0.05, 0.1) is 0 Å². The highest BCUT2D eigenvalue weighted by Crippen LogP contribution is 2.56. The van der Waals surface area contributed by atoms with E-state index in [1.54, 1.807) is 0 Å². The highest BCUT2D eigenvalue weighted by atomic mass is 79.9. The summed E-state index contributed by atoms with van der Waals surface area (Å²) in [7, 11) is 0. The van der Waals surface area contributed by atoms with Gasteiger partial charge < -0.3 is 0 Å². The van der Waals surface area contributed by atoms with Gasteiger partial charge in [-0.15, -0.1) is 0 Å². The van der Waals surface area contributed by atoms with E-state index >= 15 is 0 Å². The van der Waals surface area contributed by atoms with Crippen LogP contribution in [0.2, 0.25) is 0 Å². The fourth-order valence-electron chi connectivity index (χ4n) is 3.15. The summed E-state index contributed by atoms with van der Waals surface area (Å²) >= 11 is 3.62. The first-order chi connectivity index (χ1) is 8.15. The van der Waals surface area contributed by atoms with Crippen molar-refractivity contribution < 1.29 is 8.78 Å². The Kier molecular flexibility index (Phi) is 2.97. The Hall–Kier alpha value is -0.440. The maximum atomic E-state index is 13.5. The second kappa shape index (κ2) is 4.34. The normalized spacial score (nSPS) is 32.3. The number of hydrogen-bond donors (Lipinski definition) is 0. The minimum absolute atomic E-state index is 0.210. The van der Waals surface area contributed by atoms with Crippen LogP contribution >= 0.6 is 15.9 Å². The molecule has 17 heavy (non-hydrogen) atoms. The molecule has 0 nitrogen and oxygen atoms in total. The number of alkyl halides is 1. The summed E-state index contributed by atoms with van der Waals surface area (Å²) in [5.74, 6) is 1.57. The molecule has 0 bridgehead atoms. The SMILES string of the molecule is Fc1cccc(F)c1CC(Br)C1CC2CC2C1. The number of fused-ring (bicyclic) bond motifs is 1. The average Bonchev–Trinajstić information content (AvgIpc) is 2.91. The molecule has 3 atom stereocenters. The lowest BCUT2D eigenvalue weighted by Gasteiger charge is -2.19. The van der Waals surface area contributed by atoms with Crippen molar-refractivity contribution in [3.63, 3.8) is 0 Å². The molecule has 0 heterocycles. The van der Waals surface area contributed by atoms with Crippen LogP contribution < -0.4 is 0 Å². The molecule has 0 aromatic heterocycles.